The largest absolute Gasteiger partial charge is 0.393 e. The molecule has 0 aliphatic heterocycles. The molecule has 1 aliphatic carbocycles. The maximum atomic E-state index is 9.55. The quantitative estimate of drug-likeness (QED) is 0.579. The Hall–Kier alpha value is -0.0300. The van der Waals surface area contributed by atoms with Crippen molar-refractivity contribution in [2.75, 3.05) is 32.8 Å². The molecule has 4 heteroatoms. The predicted octanol–water partition coefficient (Wildman–Crippen LogP) is 4.07. The van der Waals surface area contributed by atoms with Gasteiger partial charge in [-0.3, -0.25) is 0 Å². The van der Waals surface area contributed by atoms with Gasteiger partial charge in [0.2, 0.25) is 0 Å². The number of rotatable bonds is 11. The topological polar surface area (TPSA) is 32.7 Å². The monoisotopic (exact) mass is 329 g/mol. The Kier molecular flexibility index (Phi) is 9.73. The Morgan fingerprint density at radius 3 is 2.50 bits per heavy atom. The van der Waals surface area contributed by atoms with Gasteiger partial charge in [0.1, 0.15) is 0 Å². The highest BCUT2D eigenvalue weighted by atomic mass is 32.2. The van der Waals surface area contributed by atoms with Crippen LogP contribution in [0.25, 0.3) is 0 Å². The summed E-state index contributed by atoms with van der Waals surface area (Å²) in [6.07, 6.45) is 7.21. The third-order valence-electron chi connectivity index (χ3n) is 3.83. The van der Waals surface area contributed by atoms with Crippen LogP contribution in [0.3, 0.4) is 0 Å². The van der Waals surface area contributed by atoms with Gasteiger partial charge in [-0.2, -0.15) is 0 Å². The Balaban J connectivity index is 2.24. The number of allylic oxidation sites excluding steroid dienone is 1. The number of hydrogen-bond donors (Lipinski definition) is 1. The van der Waals surface area contributed by atoms with Crippen molar-refractivity contribution in [3.05, 3.63) is 11.0 Å². The van der Waals surface area contributed by atoms with Crippen molar-refractivity contribution in [3.63, 3.8) is 0 Å². The molecule has 0 saturated carbocycles. The van der Waals surface area contributed by atoms with Crippen molar-refractivity contribution in [3.8, 4) is 0 Å². The molecule has 0 radical (unpaired) electrons. The Morgan fingerprint density at radius 1 is 1.27 bits per heavy atom. The second kappa shape index (κ2) is 10.7. The molecule has 0 aromatic carbocycles. The van der Waals surface area contributed by atoms with Crippen LogP contribution in [0.2, 0.25) is 0 Å². The molecular weight excluding hydrogens is 294 g/mol. The average Bonchev–Trinajstić information content (AvgIpc) is 2.46. The third kappa shape index (κ3) is 8.56. The van der Waals surface area contributed by atoms with Gasteiger partial charge in [-0.15, -0.1) is 11.8 Å². The number of aliphatic hydroxyl groups is 1. The van der Waals surface area contributed by atoms with E-state index in [2.05, 4.69) is 38.7 Å². The smallest absolute Gasteiger partial charge is 0.0611 e. The lowest BCUT2D eigenvalue weighted by atomic mass is 10.1. The summed E-state index contributed by atoms with van der Waals surface area (Å²) in [6, 6.07) is 0. The zero-order chi connectivity index (χ0) is 16.4. The van der Waals surface area contributed by atoms with E-state index in [-0.39, 0.29) is 10.9 Å². The van der Waals surface area contributed by atoms with Crippen molar-refractivity contribution in [1.82, 2.24) is 4.90 Å². The highest BCUT2D eigenvalue weighted by Gasteiger charge is 2.23. The summed E-state index contributed by atoms with van der Waals surface area (Å²) in [5, 5.41) is 9.55. The number of ether oxygens (including phenoxy) is 1. The predicted molar refractivity (Wildman–Crippen MR) is 97.5 cm³/mol. The van der Waals surface area contributed by atoms with Crippen molar-refractivity contribution in [2.45, 2.75) is 70.7 Å². The lowest BCUT2D eigenvalue weighted by molar-refractivity contribution is 0.0927. The third-order valence-corrected chi connectivity index (χ3v) is 5.13. The van der Waals surface area contributed by atoms with E-state index in [0.29, 0.717) is 0 Å². The molecule has 1 rings (SSSR count). The van der Waals surface area contributed by atoms with Gasteiger partial charge >= 0.3 is 0 Å². The molecule has 1 aliphatic rings. The second-order valence-electron chi connectivity index (χ2n) is 6.85. The molecule has 130 valence electrons. The van der Waals surface area contributed by atoms with Crippen molar-refractivity contribution in [2.24, 2.45) is 0 Å². The number of aliphatic hydroxyl groups excluding tert-OH is 1. The molecular formula is C18H35NO2S. The molecule has 22 heavy (non-hydrogen) atoms. The van der Waals surface area contributed by atoms with Gasteiger partial charge in [0, 0.05) is 11.3 Å². The SMILES string of the molecule is CCCN(CCC)CCOCC(C)(C)SC1=CCC(O)CC1. The summed E-state index contributed by atoms with van der Waals surface area (Å²) in [5.41, 5.74) is 0. The lowest BCUT2D eigenvalue weighted by Gasteiger charge is -2.28. The van der Waals surface area contributed by atoms with Gasteiger partial charge in [-0.25, -0.2) is 0 Å². The molecule has 0 bridgehead atoms. The molecule has 0 saturated heterocycles. The standard InChI is InChI=1S/C18H35NO2S/c1-5-11-19(12-6-2)13-14-21-15-18(3,4)22-17-9-7-16(20)8-10-17/h9,16,20H,5-8,10-15H2,1-4H3. The zero-order valence-electron chi connectivity index (χ0n) is 14.9. The molecule has 1 atom stereocenters. The lowest BCUT2D eigenvalue weighted by Crippen LogP contribution is -2.31. The molecule has 0 spiro atoms. The molecule has 0 heterocycles. The summed E-state index contributed by atoms with van der Waals surface area (Å²) in [6.45, 7) is 14.0. The summed E-state index contributed by atoms with van der Waals surface area (Å²) in [4.78, 5) is 3.91. The van der Waals surface area contributed by atoms with E-state index in [1.54, 1.807) is 0 Å². The first-order chi connectivity index (χ1) is 10.5. The van der Waals surface area contributed by atoms with Gasteiger partial charge in [-0.1, -0.05) is 19.9 Å². The Bertz CT molecular complexity index is 325. The molecule has 0 aromatic heterocycles. The van der Waals surface area contributed by atoms with Crippen LogP contribution in [0.15, 0.2) is 11.0 Å². The van der Waals surface area contributed by atoms with Gasteiger partial charge in [0.05, 0.1) is 19.3 Å². The average molecular weight is 330 g/mol. The first kappa shape index (κ1) is 20.0. The van der Waals surface area contributed by atoms with E-state index in [4.69, 9.17) is 4.74 Å². The molecule has 0 amide bonds. The molecule has 3 nitrogen and oxygen atoms in total. The van der Waals surface area contributed by atoms with Crippen molar-refractivity contribution in [1.29, 1.82) is 0 Å². The molecule has 0 aromatic rings. The van der Waals surface area contributed by atoms with Gasteiger partial charge < -0.3 is 14.7 Å². The van der Waals surface area contributed by atoms with Gasteiger partial charge in [-0.05, 0) is 63.9 Å². The van der Waals surface area contributed by atoms with E-state index >= 15 is 0 Å². The highest BCUT2D eigenvalue weighted by molar-refractivity contribution is 8.04. The van der Waals surface area contributed by atoms with Crippen LogP contribution < -0.4 is 0 Å². The summed E-state index contributed by atoms with van der Waals surface area (Å²) >= 11 is 1.92. The minimum Gasteiger partial charge on any atom is -0.393 e. The summed E-state index contributed by atoms with van der Waals surface area (Å²) in [7, 11) is 0. The minimum absolute atomic E-state index is 0.106. The van der Waals surface area contributed by atoms with Crippen LogP contribution in [0.5, 0.6) is 0 Å². The summed E-state index contributed by atoms with van der Waals surface area (Å²) < 4.78 is 6.05. The summed E-state index contributed by atoms with van der Waals surface area (Å²) in [5.74, 6) is 0. The Labute approximate surface area is 141 Å². The van der Waals surface area contributed by atoms with E-state index < -0.39 is 0 Å². The number of nitrogens with zero attached hydrogens (tertiary/aromatic N) is 1. The Morgan fingerprint density at radius 2 is 1.95 bits per heavy atom. The normalized spacial score (nSPS) is 19.5. The van der Waals surface area contributed by atoms with Gasteiger partial charge in [0.25, 0.3) is 0 Å². The molecule has 1 N–H and O–H groups in total. The number of hydrogen-bond acceptors (Lipinski definition) is 4. The highest BCUT2D eigenvalue weighted by Crippen LogP contribution is 2.37. The first-order valence-corrected chi connectivity index (χ1v) is 9.64. The fraction of sp³-hybridized carbons (Fsp3) is 0.889. The fourth-order valence-corrected chi connectivity index (χ4v) is 4.00. The van der Waals surface area contributed by atoms with E-state index in [9.17, 15) is 5.11 Å². The van der Waals surface area contributed by atoms with Crippen LogP contribution in [-0.4, -0.2) is 53.7 Å². The van der Waals surface area contributed by atoms with Crippen molar-refractivity contribution >= 4 is 11.8 Å². The molecule has 1 unspecified atom stereocenters. The first-order valence-electron chi connectivity index (χ1n) is 8.83. The van der Waals surface area contributed by atoms with Crippen LogP contribution in [0, 0.1) is 0 Å². The van der Waals surface area contributed by atoms with Crippen LogP contribution in [0.4, 0.5) is 0 Å². The van der Waals surface area contributed by atoms with Crippen LogP contribution in [0.1, 0.15) is 59.8 Å². The molecule has 0 fully saturated rings. The minimum atomic E-state index is -0.133. The maximum absolute atomic E-state index is 9.55. The van der Waals surface area contributed by atoms with Crippen LogP contribution in [-0.2, 0) is 4.74 Å². The van der Waals surface area contributed by atoms with Crippen molar-refractivity contribution < 1.29 is 9.84 Å². The van der Waals surface area contributed by atoms with E-state index in [0.717, 1.165) is 39.0 Å². The second-order valence-corrected chi connectivity index (χ2v) is 8.69. The maximum Gasteiger partial charge on any atom is 0.0611 e. The zero-order valence-corrected chi connectivity index (χ0v) is 15.8. The fourth-order valence-electron chi connectivity index (χ4n) is 2.75. The number of thioether (sulfide) groups is 1. The van der Waals surface area contributed by atoms with Crippen LogP contribution >= 0.6 is 11.8 Å². The van der Waals surface area contributed by atoms with E-state index in [1.807, 2.05) is 11.8 Å². The van der Waals surface area contributed by atoms with E-state index in [1.165, 1.54) is 30.8 Å². The van der Waals surface area contributed by atoms with Gasteiger partial charge in [0.15, 0.2) is 0 Å².